The van der Waals surface area contributed by atoms with Gasteiger partial charge in [-0.25, -0.2) is 9.97 Å². The van der Waals surface area contributed by atoms with Crippen molar-refractivity contribution in [2.45, 2.75) is 45.8 Å². The zero-order chi connectivity index (χ0) is 24.9. The van der Waals surface area contributed by atoms with Crippen LogP contribution in [0.4, 0.5) is 5.82 Å². The lowest BCUT2D eigenvalue weighted by molar-refractivity contribution is 0.0904. The number of halogens is 1. The fourth-order valence-corrected chi connectivity index (χ4v) is 4.33. The fourth-order valence-electron chi connectivity index (χ4n) is 4.13. The van der Waals surface area contributed by atoms with E-state index in [0.717, 1.165) is 54.4 Å². The zero-order valence-corrected chi connectivity index (χ0v) is 21.3. The van der Waals surface area contributed by atoms with Crippen molar-refractivity contribution in [1.82, 2.24) is 20.4 Å². The summed E-state index contributed by atoms with van der Waals surface area (Å²) >= 11 is 6.60. The van der Waals surface area contributed by atoms with Crippen LogP contribution in [0.25, 0.3) is 22.6 Å². The summed E-state index contributed by atoms with van der Waals surface area (Å²) < 4.78 is 16.7. The molecule has 0 spiro atoms. The third-order valence-electron chi connectivity index (χ3n) is 6.04. The van der Waals surface area contributed by atoms with Crippen molar-refractivity contribution >= 4 is 17.4 Å². The Hall–Kier alpha value is -2.72. The van der Waals surface area contributed by atoms with E-state index in [2.05, 4.69) is 15.8 Å². The molecule has 9 nitrogen and oxygen atoms in total. The summed E-state index contributed by atoms with van der Waals surface area (Å²) in [7, 11) is 1.78. The molecule has 0 saturated carbocycles. The van der Waals surface area contributed by atoms with Gasteiger partial charge in [-0.15, -0.1) is 0 Å². The summed E-state index contributed by atoms with van der Waals surface area (Å²) in [4.78, 5) is 9.79. The van der Waals surface area contributed by atoms with E-state index >= 15 is 0 Å². The maximum Gasteiger partial charge on any atom is 0.163 e. The molecule has 0 unspecified atom stereocenters. The lowest BCUT2D eigenvalue weighted by Crippen LogP contribution is -2.29. The summed E-state index contributed by atoms with van der Waals surface area (Å²) in [5.41, 5.74) is 3.89. The van der Waals surface area contributed by atoms with Crippen molar-refractivity contribution in [2.75, 3.05) is 38.7 Å². The Labute approximate surface area is 210 Å². The smallest absolute Gasteiger partial charge is 0.163 e. The van der Waals surface area contributed by atoms with Crippen LogP contribution in [0.3, 0.4) is 0 Å². The molecular formula is C25H32ClN5O4. The number of ether oxygens (including phenoxy) is 2. The summed E-state index contributed by atoms with van der Waals surface area (Å²) in [6, 6.07) is 5.57. The van der Waals surface area contributed by atoms with Crippen molar-refractivity contribution < 1.29 is 19.1 Å². The topological polar surface area (TPSA) is 115 Å². The van der Waals surface area contributed by atoms with Gasteiger partial charge in [-0.1, -0.05) is 16.8 Å². The van der Waals surface area contributed by atoms with E-state index in [1.165, 1.54) is 0 Å². The highest BCUT2D eigenvalue weighted by molar-refractivity contribution is 6.33. The average Bonchev–Trinajstić information content (AvgIpc) is 3.18. The molecule has 3 N–H and O–H groups in total. The van der Waals surface area contributed by atoms with Crippen LogP contribution in [0.2, 0.25) is 5.02 Å². The van der Waals surface area contributed by atoms with Crippen LogP contribution >= 0.6 is 11.6 Å². The fraction of sp³-hybridized carbons (Fsp3) is 0.480. The van der Waals surface area contributed by atoms with E-state index in [1.807, 2.05) is 20.8 Å². The highest BCUT2D eigenvalue weighted by Crippen LogP contribution is 2.36. The lowest BCUT2D eigenvalue weighted by atomic mass is 10.0. The number of benzene rings is 1. The number of hydrogen-bond acceptors (Lipinski definition) is 9. The van der Waals surface area contributed by atoms with Gasteiger partial charge in [0.1, 0.15) is 30.0 Å². The van der Waals surface area contributed by atoms with E-state index < -0.39 is 6.10 Å². The predicted molar refractivity (Wildman–Crippen MR) is 135 cm³/mol. The van der Waals surface area contributed by atoms with Gasteiger partial charge in [0.15, 0.2) is 5.82 Å². The van der Waals surface area contributed by atoms with Gasteiger partial charge in [-0.2, -0.15) is 0 Å². The van der Waals surface area contributed by atoms with Crippen LogP contribution in [-0.2, 0) is 4.74 Å². The highest BCUT2D eigenvalue weighted by Gasteiger charge is 2.23. The lowest BCUT2D eigenvalue weighted by Gasteiger charge is -2.25. The Kier molecular flexibility index (Phi) is 8.22. The van der Waals surface area contributed by atoms with Gasteiger partial charge < -0.3 is 29.7 Å². The SMILES string of the molecule is CNC[C@@H](O)COc1ccc(Cl)c(-c2nc(NC3CCOCC3)c(C)c(-c3c(C)noc3C)n2)c1. The Morgan fingerprint density at radius 2 is 1.97 bits per heavy atom. The number of anilines is 1. The Bertz CT molecular complexity index is 1140. The molecule has 1 aromatic carbocycles. The van der Waals surface area contributed by atoms with E-state index in [-0.39, 0.29) is 12.6 Å². The number of hydrogen-bond donors (Lipinski definition) is 3. The van der Waals surface area contributed by atoms with Crippen molar-refractivity contribution in [3.05, 3.63) is 40.2 Å². The van der Waals surface area contributed by atoms with E-state index in [4.69, 9.17) is 35.6 Å². The standard InChI is InChI=1S/C25H32ClN5O4/c1-14-23(22-15(2)31-35-16(22)3)29-25(30-24(14)28-17-7-9-33-10-8-17)20-11-19(5-6-21(20)26)34-13-18(32)12-27-4/h5-6,11,17-18,27,32H,7-10,12-13H2,1-4H3,(H,28,29,30)/t18-/m1/s1. The molecule has 35 heavy (non-hydrogen) atoms. The minimum absolute atomic E-state index is 0.150. The first-order chi connectivity index (χ1) is 16.9. The van der Waals surface area contributed by atoms with Gasteiger partial charge in [0.2, 0.25) is 0 Å². The second-order valence-electron chi connectivity index (χ2n) is 8.76. The Morgan fingerprint density at radius 1 is 1.20 bits per heavy atom. The van der Waals surface area contributed by atoms with Gasteiger partial charge in [-0.3, -0.25) is 0 Å². The number of rotatable bonds is 9. The van der Waals surface area contributed by atoms with Gasteiger partial charge in [0, 0.05) is 36.9 Å². The number of aromatic nitrogens is 3. The van der Waals surface area contributed by atoms with Crippen molar-refractivity contribution in [1.29, 1.82) is 0 Å². The monoisotopic (exact) mass is 501 g/mol. The first-order valence-electron chi connectivity index (χ1n) is 11.8. The van der Waals surface area contributed by atoms with Crippen LogP contribution in [0, 0.1) is 20.8 Å². The third kappa shape index (κ3) is 5.92. The van der Waals surface area contributed by atoms with Crippen LogP contribution in [0.5, 0.6) is 5.75 Å². The number of likely N-dealkylation sites (N-methyl/N-ethyl adjacent to an activating group) is 1. The first-order valence-corrected chi connectivity index (χ1v) is 12.2. The quantitative estimate of drug-likeness (QED) is 0.401. The summed E-state index contributed by atoms with van der Waals surface area (Å²) in [6.45, 7) is 7.79. The number of nitrogens with zero attached hydrogens (tertiary/aromatic N) is 3. The number of aryl methyl sites for hydroxylation is 2. The number of nitrogens with one attached hydrogen (secondary N) is 2. The minimum atomic E-state index is -0.629. The van der Waals surface area contributed by atoms with Gasteiger partial charge in [0.25, 0.3) is 0 Å². The normalized spacial score (nSPS) is 15.3. The van der Waals surface area contributed by atoms with Crippen LogP contribution in [-0.4, -0.2) is 65.8 Å². The number of aliphatic hydroxyl groups excluding tert-OH is 1. The minimum Gasteiger partial charge on any atom is -0.491 e. The predicted octanol–water partition coefficient (Wildman–Crippen LogP) is 3.93. The Balaban J connectivity index is 1.76. The molecule has 0 radical (unpaired) electrons. The molecule has 0 aliphatic carbocycles. The van der Waals surface area contributed by atoms with Crippen LogP contribution in [0.1, 0.15) is 29.9 Å². The highest BCUT2D eigenvalue weighted by atomic mass is 35.5. The van der Waals surface area contributed by atoms with Crippen LogP contribution < -0.4 is 15.4 Å². The molecule has 10 heteroatoms. The third-order valence-corrected chi connectivity index (χ3v) is 6.37. The largest absolute Gasteiger partial charge is 0.491 e. The Morgan fingerprint density at radius 3 is 2.66 bits per heavy atom. The summed E-state index contributed by atoms with van der Waals surface area (Å²) in [6.07, 6.45) is 1.17. The number of aliphatic hydroxyl groups is 1. The van der Waals surface area contributed by atoms with E-state index in [0.29, 0.717) is 34.5 Å². The van der Waals surface area contributed by atoms with E-state index in [9.17, 15) is 5.11 Å². The molecule has 1 aliphatic heterocycles. The maximum atomic E-state index is 10.00. The molecular weight excluding hydrogens is 470 g/mol. The molecule has 1 aliphatic rings. The van der Waals surface area contributed by atoms with Crippen molar-refractivity contribution in [2.24, 2.45) is 0 Å². The molecule has 1 saturated heterocycles. The summed E-state index contributed by atoms with van der Waals surface area (Å²) in [5, 5.41) is 21.1. The molecule has 1 atom stereocenters. The molecule has 1 fully saturated rings. The second kappa shape index (κ2) is 11.3. The summed E-state index contributed by atoms with van der Waals surface area (Å²) in [5.74, 6) is 2.46. The molecule has 2 aromatic heterocycles. The molecule has 0 bridgehead atoms. The zero-order valence-electron chi connectivity index (χ0n) is 20.5. The molecule has 0 amide bonds. The van der Waals surface area contributed by atoms with Crippen molar-refractivity contribution in [3.8, 4) is 28.4 Å². The van der Waals surface area contributed by atoms with Gasteiger partial charge >= 0.3 is 0 Å². The average molecular weight is 502 g/mol. The van der Waals surface area contributed by atoms with Gasteiger partial charge in [-0.05, 0) is 58.9 Å². The molecule has 4 rings (SSSR count). The second-order valence-corrected chi connectivity index (χ2v) is 9.17. The molecule has 3 aromatic rings. The maximum absolute atomic E-state index is 10.00. The van der Waals surface area contributed by atoms with Gasteiger partial charge in [0.05, 0.1) is 22.0 Å². The first kappa shape index (κ1) is 25.4. The molecule has 3 heterocycles. The van der Waals surface area contributed by atoms with Crippen LogP contribution in [0.15, 0.2) is 22.7 Å². The molecule has 188 valence electrons. The van der Waals surface area contributed by atoms with E-state index in [1.54, 1.807) is 25.2 Å². The van der Waals surface area contributed by atoms with Crippen molar-refractivity contribution in [3.63, 3.8) is 0 Å².